The average molecular weight is 353 g/mol. The van der Waals surface area contributed by atoms with Gasteiger partial charge in [0.2, 0.25) is 5.91 Å². The van der Waals surface area contributed by atoms with Crippen LogP contribution in [0.15, 0.2) is 30.5 Å². The van der Waals surface area contributed by atoms with Crippen molar-refractivity contribution in [3.05, 3.63) is 47.5 Å². The van der Waals surface area contributed by atoms with Crippen LogP contribution < -0.4 is 4.74 Å². The Morgan fingerprint density at radius 1 is 1.27 bits per heavy atom. The number of hydrogen-bond donors (Lipinski definition) is 0. The van der Waals surface area contributed by atoms with Crippen molar-refractivity contribution >= 4 is 5.91 Å². The van der Waals surface area contributed by atoms with Crippen molar-refractivity contribution in [1.29, 1.82) is 0 Å². The molecule has 2 heterocycles. The third-order valence-electron chi connectivity index (χ3n) is 5.87. The maximum Gasteiger partial charge on any atom is 0.233 e. The van der Waals surface area contributed by atoms with Crippen molar-refractivity contribution in [3.63, 3.8) is 0 Å². The summed E-state index contributed by atoms with van der Waals surface area (Å²) in [4.78, 5) is 19.8. The molecular formula is C21H27N3O2. The lowest BCUT2D eigenvalue weighted by Gasteiger charge is -2.41. The number of imidazole rings is 1. The van der Waals surface area contributed by atoms with E-state index < -0.39 is 0 Å². The van der Waals surface area contributed by atoms with Gasteiger partial charge in [0, 0.05) is 31.5 Å². The molecular weight excluding hydrogens is 326 g/mol. The first-order chi connectivity index (χ1) is 12.6. The van der Waals surface area contributed by atoms with Gasteiger partial charge >= 0.3 is 0 Å². The third-order valence-corrected chi connectivity index (χ3v) is 5.87. The van der Waals surface area contributed by atoms with Crippen LogP contribution in [0.1, 0.15) is 49.2 Å². The Morgan fingerprint density at radius 2 is 1.96 bits per heavy atom. The molecule has 2 fully saturated rings. The van der Waals surface area contributed by atoms with Gasteiger partial charge in [-0.05, 0) is 43.9 Å². The van der Waals surface area contributed by atoms with Crippen LogP contribution in [0, 0.1) is 6.92 Å². The number of hydrogen-bond acceptors (Lipinski definition) is 3. The molecule has 5 nitrogen and oxygen atoms in total. The Kier molecular flexibility index (Phi) is 4.25. The van der Waals surface area contributed by atoms with Gasteiger partial charge in [-0.1, -0.05) is 19.1 Å². The van der Waals surface area contributed by atoms with Crippen molar-refractivity contribution in [3.8, 4) is 5.75 Å². The van der Waals surface area contributed by atoms with E-state index in [1.165, 1.54) is 5.69 Å². The molecule has 1 aromatic heterocycles. The Hall–Kier alpha value is -2.30. The summed E-state index contributed by atoms with van der Waals surface area (Å²) in [7, 11) is 1.66. The summed E-state index contributed by atoms with van der Waals surface area (Å²) in [5.74, 6) is 2.62. The molecule has 2 aliphatic rings. The highest BCUT2D eigenvalue weighted by molar-refractivity contribution is 5.92. The monoisotopic (exact) mass is 353 g/mol. The number of nitrogens with zero attached hydrogens (tertiary/aromatic N) is 3. The minimum absolute atomic E-state index is 0.282. The van der Waals surface area contributed by atoms with Crippen molar-refractivity contribution in [2.45, 2.75) is 51.0 Å². The molecule has 1 aromatic carbocycles. The summed E-state index contributed by atoms with van der Waals surface area (Å²) in [5, 5.41) is 0. The third kappa shape index (κ3) is 2.70. The topological polar surface area (TPSA) is 47.4 Å². The second kappa shape index (κ2) is 6.45. The molecule has 138 valence electrons. The predicted molar refractivity (Wildman–Crippen MR) is 100 cm³/mol. The van der Waals surface area contributed by atoms with Crippen molar-refractivity contribution in [2.24, 2.45) is 0 Å². The fraction of sp³-hybridized carbons (Fsp3) is 0.524. The molecule has 0 bridgehead atoms. The maximum absolute atomic E-state index is 13.1. The van der Waals surface area contributed by atoms with E-state index in [-0.39, 0.29) is 11.3 Å². The summed E-state index contributed by atoms with van der Waals surface area (Å²) in [6, 6.07) is 7.98. The summed E-state index contributed by atoms with van der Waals surface area (Å²) >= 11 is 0. The molecule has 0 spiro atoms. The van der Waals surface area contributed by atoms with Crippen LogP contribution in [0.25, 0.3) is 0 Å². The predicted octanol–water partition coefficient (Wildman–Crippen LogP) is 3.27. The average Bonchev–Trinajstić information content (AvgIpc) is 3.36. The normalized spacial score (nSPS) is 18.5. The molecule has 0 N–H and O–H groups in total. The van der Waals surface area contributed by atoms with Crippen LogP contribution in [0.5, 0.6) is 5.75 Å². The quantitative estimate of drug-likeness (QED) is 0.801. The molecule has 1 aliphatic heterocycles. The highest BCUT2D eigenvalue weighted by atomic mass is 16.5. The molecule has 1 saturated heterocycles. The van der Waals surface area contributed by atoms with Crippen molar-refractivity contribution < 1.29 is 9.53 Å². The van der Waals surface area contributed by atoms with E-state index >= 15 is 0 Å². The molecule has 1 amide bonds. The zero-order valence-electron chi connectivity index (χ0n) is 15.9. The van der Waals surface area contributed by atoms with Gasteiger partial charge in [0.15, 0.2) is 0 Å². The summed E-state index contributed by atoms with van der Waals surface area (Å²) in [6.45, 7) is 6.87. The first kappa shape index (κ1) is 17.1. The van der Waals surface area contributed by atoms with E-state index in [0.717, 1.165) is 56.0 Å². The first-order valence-electron chi connectivity index (χ1n) is 9.55. The van der Waals surface area contributed by atoms with E-state index in [4.69, 9.17) is 4.74 Å². The zero-order valence-corrected chi connectivity index (χ0v) is 15.9. The van der Waals surface area contributed by atoms with Crippen LogP contribution >= 0.6 is 0 Å². The van der Waals surface area contributed by atoms with Gasteiger partial charge in [0.25, 0.3) is 0 Å². The van der Waals surface area contributed by atoms with Gasteiger partial charge in [-0.25, -0.2) is 4.98 Å². The van der Waals surface area contributed by atoms with E-state index in [2.05, 4.69) is 23.4 Å². The molecule has 5 heteroatoms. The van der Waals surface area contributed by atoms with Crippen LogP contribution in [0.3, 0.4) is 0 Å². The number of carbonyl (C=O) groups excluding carboxylic acids is 1. The highest BCUT2D eigenvalue weighted by Crippen LogP contribution is 2.51. The maximum atomic E-state index is 13.1. The number of amides is 1. The molecule has 1 aliphatic carbocycles. The Labute approximate surface area is 155 Å². The number of rotatable bonds is 6. The number of aromatic nitrogens is 2. The lowest BCUT2D eigenvalue weighted by Crippen LogP contribution is -2.52. The number of benzene rings is 1. The van der Waals surface area contributed by atoms with Gasteiger partial charge in [-0.3, -0.25) is 4.79 Å². The molecule has 2 aromatic rings. The minimum atomic E-state index is -0.300. The number of likely N-dealkylation sites (tertiary alicyclic amines) is 1. The minimum Gasteiger partial charge on any atom is -0.497 e. The first-order valence-corrected chi connectivity index (χ1v) is 9.55. The van der Waals surface area contributed by atoms with Crippen LogP contribution in [0.2, 0.25) is 0 Å². The standard InChI is InChI=1S/C21H27N3O2/c1-4-11-24-15(2)12-22-19(24)16-13-23(14-16)20(25)21(9-10-21)17-5-7-18(26-3)8-6-17/h5-8,12,16H,4,9-11,13-14H2,1-3H3. The summed E-state index contributed by atoms with van der Waals surface area (Å²) in [5.41, 5.74) is 2.03. The van der Waals surface area contributed by atoms with Gasteiger partial charge in [0.05, 0.1) is 18.4 Å². The van der Waals surface area contributed by atoms with E-state index in [0.29, 0.717) is 5.92 Å². The number of methoxy groups -OCH3 is 1. The van der Waals surface area contributed by atoms with Crippen molar-refractivity contribution in [2.75, 3.05) is 20.2 Å². The SMILES string of the molecule is CCCn1c(C)cnc1C1CN(C(=O)C2(c3ccc(OC)cc3)CC2)C1. The lowest BCUT2D eigenvalue weighted by molar-refractivity contribution is -0.138. The van der Waals surface area contributed by atoms with E-state index in [9.17, 15) is 4.79 Å². The molecule has 4 rings (SSSR count). The van der Waals surface area contributed by atoms with Gasteiger partial charge in [-0.15, -0.1) is 0 Å². The van der Waals surface area contributed by atoms with Gasteiger partial charge < -0.3 is 14.2 Å². The molecule has 26 heavy (non-hydrogen) atoms. The molecule has 0 radical (unpaired) electrons. The van der Waals surface area contributed by atoms with Crippen molar-refractivity contribution in [1.82, 2.24) is 14.5 Å². The van der Waals surface area contributed by atoms with E-state index in [1.54, 1.807) is 7.11 Å². The summed E-state index contributed by atoms with van der Waals surface area (Å²) in [6.07, 6.45) is 4.95. The Balaban J connectivity index is 1.45. The van der Waals surface area contributed by atoms with Crippen LogP contribution in [-0.2, 0) is 16.8 Å². The van der Waals surface area contributed by atoms with E-state index in [1.807, 2.05) is 35.4 Å². The number of carbonyl (C=O) groups is 1. The second-order valence-electron chi connectivity index (χ2n) is 7.63. The Bertz CT molecular complexity index is 799. The number of aryl methyl sites for hydroxylation is 1. The lowest BCUT2D eigenvalue weighted by atomic mass is 9.90. The smallest absolute Gasteiger partial charge is 0.233 e. The fourth-order valence-electron chi connectivity index (χ4n) is 4.09. The van der Waals surface area contributed by atoms with Crippen LogP contribution in [0.4, 0.5) is 0 Å². The zero-order chi connectivity index (χ0) is 18.3. The molecule has 1 saturated carbocycles. The second-order valence-corrected chi connectivity index (χ2v) is 7.63. The fourth-order valence-corrected chi connectivity index (χ4v) is 4.09. The molecule has 0 atom stereocenters. The summed E-state index contributed by atoms with van der Waals surface area (Å²) < 4.78 is 7.54. The highest BCUT2D eigenvalue weighted by Gasteiger charge is 2.55. The van der Waals surface area contributed by atoms with Gasteiger partial charge in [-0.2, -0.15) is 0 Å². The van der Waals surface area contributed by atoms with Gasteiger partial charge in [0.1, 0.15) is 11.6 Å². The molecule has 0 unspecified atom stereocenters. The van der Waals surface area contributed by atoms with Crippen LogP contribution in [-0.4, -0.2) is 40.6 Å². The number of ether oxygens (including phenoxy) is 1. The Morgan fingerprint density at radius 3 is 2.54 bits per heavy atom. The largest absolute Gasteiger partial charge is 0.497 e.